The summed E-state index contributed by atoms with van der Waals surface area (Å²) in [6.45, 7) is 1.95. The minimum atomic E-state index is 0.262. The average Bonchev–Trinajstić information content (AvgIpc) is 2.66. The number of fused-ring (bicyclic) bond motifs is 1. The summed E-state index contributed by atoms with van der Waals surface area (Å²) in [5.41, 5.74) is 8.36. The third-order valence-corrected chi connectivity index (χ3v) is 5.15. The molecule has 4 heteroatoms. The standard InChI is InChI=1S/C13H20ClN3/c1-7-13(14)11(17(2)16-7)6-10(15)12-8-4-3-5-9(8)12/h8-10,12H,3-6,15H2,1-2H3. The van der Waals surface area contributed by atoms with Gasteiger partial charge in [0.2, 0.25) is 0 Å². The van der Waals surface area contributed by atoms with Crippen LogP contribution in [0.15, 0.2) is 0 Å². The van der Waals surface area contributed by atoms with Gasteiger partial charge in [-0.05, 0) is 37.5 Å². The number of hydrogen-bond acceptors (Lipinski definition) is 2. The van der Waals surface area contributed by atoms with Gasteiger partial charge in [-0.2, -0.15) is 5.10 Å². The van der Waals surface area contributed by atoms with Gasteiger partial charge in [0.05, 0.1) is 16.4 Å². The van der Waals surface area contributed by atoms with Gasteiger partial charge in [0.1, 0.15) is 0 Å². The molecular weight excluding hydrogens is 234 g/mol. The van der Waals surface area contributed by atoms with Gasteiger partial charge in [0.25, 0.3) is 0 Å². The molecule has 2 N–H and O–H groups in total. The van der Waals surface area contributed by atoms with Gasteiger partial charge < -0.3 is 5.73 Å². The van der Waals surface area contributed by atoms with Crippen LogP contribution in [-0.2, 0) is 13.5 Å². The van der Waals surface area contributed by atoms with Crippen LogP contribution >= 0.6 is 11.6 Å². The maximum absolute atomic E-state index is 6.35. The van der Waals surface area contributed by atoms with Crippen molar-refractivity contribution in [3.05, 3.63) is 16.4 Å². The van der Waals surface area contributed by atoms with Crippen LogP contribution < -0.4 is 5.73 Å². The van der Waals surface area contributed by atoms with E-state index in [0.717, 1.165) is 40.6 Å². The van der Waals surface area contributed by atoms with Gasteiger partial charge in [-0.25, -0.2) is 0 Å². The van der Waals surface area contributed by atoms with E-state index in [1.54, 1.807) is 0 Å². The molecule has 94 valence electrons. The zero-order valence-corrected chi connectivity index (χ0v) is 11.2. The van der Waals surface area contributed by atoms with E-state index in [0.29, 0.717) is 0 Å². The number of nitrogens with two attached hydrogens (primary N) is 1. The Kier molecular flexibility index (Phi) is 2.71. The second-order valence-electron chi connectivity index (χ2n) is 5.67. The number of halogens is 1. The van der Waals surface area contributed by atoms with Crippen LogP contribution in [0, 0.1) is 24.7 Å². The van der Waals surface area contributed by atoms with Crippen molar-refractivity contribution in [3.63, 3.8) is 0 Å². The average molecular weight is 254 g/mol. The van der Waals surface area contributed by atoms with E-state index in [4.69, 9.17) is 17.3 Å². The molecule has 0 amide bonds. The third kappa shape index (κ3) is 1.80. The Morgan fingerprint density at radius 1 is 1.47 bits per heavy atom. The van der Waals surface area contributed by atoms with Gasteiger partial charge in [-0.3, -0.25) is 4.68 Å². The van der Waals surface area contributed by atoms with E-state index >= 15 is 0 Å². The Hall–Kier alpha value is -0.540. The molecule has 0 saturated heterocycles. The Morgan fingerprint density at radius 2 is 2.12 bits per heavy atom. The summed E-state index contributed by atoms with van der Waals surface area (Å²) in [7, 11) is 1.95. The van der Waals surface area contributed by atoms with Crippen molar-refractivity contribution in [1.82, 2.24) is 9.78 Å². The number of aromatic nitrogens is 2. The Balaban J connectivity index is 1.70. The zero-order valence-electron chi connectivity index (χ0n) is 10.5. The van der Waals surface area contributed by atoms with Crippen molar-refractivity contribution in [2.75, 3.05) is 0 Å². The monoisotopic (exact) mass is 253 g/mol. The molecule has 0 radical (unpaired) electrons. The molecule has 3 nitrogen and oxygen atoms in total. The second kappa shape index (κ2) is 3.99. The van der Waals surface area contributed by atoms with Crippen LogP contribution in [0.2, 0.25) is 5.02 Å². The van der Waals surface area contributed by atoms with Crippen molar-refractivity contribution in [2.45, 2.75) is 38.6 Å². The SMILES string of the molecule is Cc1nn(C)c(CC(N)C2C3CCCC32)c1Cl. The van der Waals surface area contributed by atoms with Crippen LogP contribution in [-0.4, -0.2) is 15.8 Å². The third-order valence-electron chi connectivity index (χ3n) is 4.66. The summed E-state index contributed by atoms with van der Waals surface area (Å²) in [5, 5.41) is 5.14. The first-order chi connectivity index (χ1) is 8.09. The van der Waals surface area contributed by atoms with Crippen molar-refractivity contribution >= 4 is 11.6 Å². The van der Waals surface area contributed by atoms with E-state index in [9.17, 15) is 0 Å². The van der Waals surface area contributed by atoms with Crippen LogP contribution in [0.5, 0.6) is 0 Å². The number of rotatable bonds is 3. The number of aryl methyl sites for hydroxylation is 2. The van der Waals surface area contributed by atoms with Gasteiger partial charge in [-0.1, -0.05) is 18.0 Å². The van der Waals surface area contributed by atoms with Gasteiger partial charge in [0.15, 0.2) is 0 Å². The second-order valence-corrected chi connectivity index (χ2v) is 6.05. The Morgan fingerprint density at radius 3 is 2.65 bits per heavy atom. The Bertz CT molecular complexity index is 430. The first-order valence-electron chi connectivity index (χ1n) is 6.53. The molecule has 1 heterocycles. The molecule has 1 aromatic rings. The fraction of sp³-hybridized carbons (Fsp3) is 0.769. The van der Waals surface area contributed by atoms with Crippen molar-refractivity contribution in [1.29, 1.82) is 0 Å². The molecule has 2 fully saturated rings. The normalized spacial score (nSPS) is 32.6. The van der Waals surface area contributed by atoms with Crippen LogP contribution in [0.3, 0.4) is 0 Å². The van der Waals surface area contributed by atoms with E-state index in [2.05, 4.69) is 5.10 Å². The maximum Gasteiger partial charge on any atom is 0.0847 e. The highest BCUT2D eigenvalue weighted by atomic mass is 35.5. The molecular formula is C13H20ClN3. The summed E-state index contributed by atoms with van der Waals surface area (Å²) in [6, 6.07) is 0.262. The van der Waals surface area contributed by atoms with E-state index in [-0.39, 0.29) is 6.04 Å². The summed E-state index contributed by atoms with van der Waals surface area (Å²) < 4.78 is 1.88. The number of nitrogens with zero attached hydrogens (tertiary/aromatic N) is 2. The minimum Gasteiger partial charge on any atom is -0.327 e. The van der Waals surface area contributed by atoms with Crippen LogP contribution in [0.25, 0.3) is 0 Å². The molecule has 0 aromatic carbocycles. The molecule has 2 aliphatic rings. The molecule has 3 unspecified atom stereocenters. The number of hydrogen-bond donors (Lipinski definition) is 1. The topological polar surface area (TPSA) is 43.8 Å². The fourth-order valence-corrected chi connectivity index (χ4v) is 4.01. The van der Waals surface area contributed by atoms with Crippen LogP contribution in [0.1, 0.15) is 30.7 Å². The lowest BCUT2D eigenvalue weighted by molar-refractivity contribution is 0.474. The first kappa shape index (κ1) is 11.5. The van der Waals surface area contributed by atoms with Crippen molar-refractivity contribution in [3.8, 4) is 0 Å². The lowest BCUT2D eigenvalue weighted by Crippen LogP contribution is -2.28. The van der Waals surface area contributed by atoms with E-state index < -0.39 is 0 Å². The Labute approximate surface area is 107 Å². The van der Waals surface area contributed by atoms with E-state index in [1.165, 1.54) is 19.3 Å². The predicted molar refractivity (Wildman–Crippen MR) is 69.0 cm³/mol. The smallest absolute Gasteiger partial charge is 0.0847 e. The molecule has 2 aliphatic carbocycles. The lowest BCUT2D eigenvalue weighted by atomic mass is 10.0. The molecule has 2 saturated carbocycles. The van der Waals surface area contributed by atoms with Gasteiger partial charge in [0, 0.05) is 19.5 Å². The van der Waals surface area contributed by atoms with E-state index in [1.807, 2.05) is 18.7 Å². The molecule has 17 heavy (non-hydrogen) atoms. The predicted octanol–water partition coefficient (Wildman–Crippen LogP) is 2.30. The molecule has 0 aliphatic heterocycles. The van der Waals surface area contributed by atoms with Crippen molar-refractivity contribution in [2.24, 2.45) is 30.5 Å². The molecule has 3 rings (SSSR count). The summed E-state index contributed by atoms with van der Waals surface area (Å²) in [4.78, 5) is 0. The highest BCUT2D eigenvalue weighted by Crippen LogP contribution is 2.58. The van der Waals surface area contributed by atoms with Gasteiger partial charge in [-0.15, -0.1) is 0 Å². The lowest BCUT2D eigenvalue weighted by Gasteiger charge is -2.14. The summed E-state index contributed by atoms with van der Waals surface area (Å²) in [5.74, 6) is 2.58. The highest BCUT2D eigenvalue weighted by molar-refractivity contribution is 6.31. The minimum absolute atomic E-state index is 0.262. The van der Waals surface area contributed by atoms with Crippen LogP contribution in [0.4, 0.5) is 0 Å². The van der Waals surface area contributed by atoms with Crippen molar-refractivity contribution < 1.29 is 0 Å². The fourth-order valence-electron chi connectivity index (χ4n) is 3.77. The maximum atomic E-state index is 6.35. The summed E-state index contributed by atoms with van der Waals surface area (Å²) >= 11 is 6.26. The quantitative estimate of drug-likeness (QED) is 0.898. The molecule has 0 spiro atoms. The first-order valence-corrected chi connectivity index (χ1v) is 6.91. The largest absolute Gasteiger partial charge is 0.327 e. The molecule has 3 atom stereocenters. The molecule has 1 aromatic heterocycles. The molecule has 0 bridgehead atoms. The summed E-state index contributed by atoms with van der Waals surface area (Å²) in [6.07, 6.45) is 5.06. The zero-order chi connectivity index (χ0) is 12.2. The highest BCUT2D eigenvalue weighted by Gasteiger charge is 2.54. The van der Waals surface area contributed by atoms with Gasteiger partial charge >= 0.3 is 0 Å².